The highest BCUT2D eigenvalue weighted by Crippen LogP contribution is 2.14. The lowest BCUT2D eigenvalue weighted by Crippen LogP contribution is -2.13. The van der Waals surface area contributed by atoms with Crippen molar-refractivity contribution in [3.63, 3.8) is 0 Å². The number of anilines is 1. The van der Waals surface area contributed by atoms with Gasteiger partial charge in [-0.15, -0.1) is 0 Å². The van der Waals surface area contributed by atoms with Crippen LogP contribution >= 0.6 is 15.9 Å². The molecule has 0 radical (unpaired) electrons. The molecule has 1 heterocycles. The van der Waals surface area contributed by atoms with Crippen LogP contribution in [0.1, 0.15) is 23.3 Å². The number of aliphatic hydroxyl groups is 1. The zero-order valence-electron chi connectivity index (χ0n) is 9.44. The number of aliphatic hydroxyl groups excluding tert-OH is 1. The maximum atomic E-state index is 11.4. The molecule has 0 aromatic carbocycles. The van der Waals surface area contributed by atoms with E-state index in [1.807, 2.05) is 0 Å². The number of halogens is 1. The summed E-state index contributed by atoms with van der Waals surface area (Å²) in [6, 6.07) is 0. The second kappa shape index (κ2) is 7.18. The molecule has 0 bridgehead atoms. The summed E-state index contributed by atoms with van der Waals surface area (Å²) in [4.78, 5) is 19.5. The number of hydrogen-bond acceptors (Lipinski definition) is 6. The summed E-state index contributed by atoms with van der Waals surface area (Å²) >= 11 is 3.14. The monoisotopic (exact) mass is 303 g/mol. The Morgan fingerprint density at radius 3 is 3.00 bits per heavy atom. The molecule has 0 aliphatic carbocycles. The number of methoxy groups -OCH3 is 1. The molecule has 17 heavy (non-hydrogen) atoms. The van der Waals surface area contributed by atoms with Gasteiger partial charge in [0.2, 0.25) is 0 Å². The highest BCUT2D eigenvalue weighted by molar-refractivity contribution is 9.10. The first-order chi connectivity index (χ1) is 8.19. The smallest absolute Gasteiger partial charge is 0.360 e. The van der Waals surface area contributed by atoms with Gasteiger partial charge >= 0.3 is 5.97 Å². The highest BCUT2D eigenvalue weighted by atomic mass is 79.9. The molecule has 1 aromatic rings. The molecule has 0 spiro atoms. The van der Waals surface area contributed by atoms with Gasteiger partial charge < -0.3 is 15.2 Å². The van der Waals surface area contributed by atoms with E-state index in [1.165, 1.54) is 13.3 Å². The Morgan fingerprint density at radius 1 is 1.59 bits per heavy atom. The molecule has 0 unspecified atom stereocenters. The van der Waals surface area contributed by atoms with Crippen molar-refractivity contribution in [1.29, 1.82) is 0 Å². The summed E-state index contributed by atoms with van der Waals surface area (Å²) in [6.07, 6.45) is 2.99. The van der Waals surface area contributed by atoms with Crippen molar-refractivity contribution in [2.45, 2.75) is 12.8 Å². The Morgan fingerprint density at radius 2 is 2.35 bits per heavy atom. The van der Waals surface area contributed by atoms with Crippen LogP contribution in [0.15, 0.2) is 10.8 Å². The molecule has 2 N–H and O–H groups in total. The Labute approximate surface area is 108 Å². The molecule has 0 saturated heterocycles. The van der Waals surface area contributed by atoms with E-state index >= 15 is 0 Å². The molecule has 6 nitrogen and oxygen atoms in total. The van der Waals surface area contributed by atoms with Gasteiger partial charge in [0.05, 0.1) is 13.3 Å². The van der Waals surface area contributed by atoms with Crippen molar-refractivity contribution in [2.24, 2.45) is 0 Å². The molecule has 94 valence electrons. The third kappa shape index (κ3) is 4.27. The van der Waals surface area contributed by atoms with Crippen LogP contribution in [0.2, 0.25) is 0 Å². The third-order valence-electron chi connectivity index (χ3n) is 2.00. The summed E-state index contributed by atoms with van der Waals surface area (Å²) in [5.74, 6) is -0.151. The zero-order valence-corrected chi connectivity index (χ0v) is 11.0. The number of carbonyl (C=O) groups is 1. The van der Waals surface area contributed by atoms with E-state index in [1.54, 1.807) is 0 Å². The van der Waals surface area contributed by atoms with Gasteiger partial charge in [0.25, 0.3) is 0 Å². The van der Waals surface area contributed by atoms with Crippen LogP contribution in [0.5, 0.6) is 0 Å². The van der Waals surface area contributed by atoms with Crippen LogP contribution in [0, 0.1) is 0 Å². The Balaban J connectivity index is 2.72. The molecule has 1 rings (SSSR count). The zero-order chi connectivity index (χ0) is 12.7. The predicted molar refractivity (Wildman–Crippen MR) is 65.9 cm³/mol. The van der Waals surface area contributed by atoms with Gasteiger partial charge in [0.1, 0.15) is 4.60 Å². The number of aromatic nitrogens is 2. The first kappa shape index (κ1) is 13.9. The van der Waals surface area contributed by atoms with Crippen LogP contribution in [0.3, 0.4) is 0 Å². The fourth-order valence-electron chi connectivity index (χ4n) is 1.18. The molecule has 0 amide bonds. The average molecular weight is 304 g/mol. The minimum absolute atomic E-state index is 0.144. The average Bonchev–Trinajstić information content (AvgIpc) is 2.35. The number of ether oxygens (including phenoxy) is 1. The first-order valence-electron chi connectivity index (χ1n) is 5.14. The summed E-state index contributed by atoms with van der Waals surface area (Å²) in [6.45, 7) is 0.762. The topological polar surface area (TPSA) is 84.3 Å². The van der Waals surface area contributed by atoms with Crippen LogP contribution in [0.25, 0.3) is 0 Å². The summed E-state index contributed by atoms with van der Waals surface area (Å²) < 4.78 is 5.09. The summed E-state index contributed by atoms with van der Waals surface area (Å²) in [7, 11) is 1.29. The van der Waals surface area contributed by atoms with Gasteiger partial charge in [-0.1, -0.05) is 0 Å². The Kier molecular flexibility index (Phi) is 5.85. The number of nitrogens with one attached hydrogen (secondary N) is 1. The second-order valence-electron chi connectivity index (χ2n) is 3.24. The SMILES string of the molecule is COC(=O)c1nc(Br)cnc1NCCCCO. The fourth-order valence-corrected chi connectivity index (χ4v) is 1.46. The van der Waals surface area contributed by atoms with Crippen molar-refractivity contribution in [2.75, 3.05) is 25.6 Å². The third-order valence-corrected chi connectivity index (χ3v) is 2.38. The second-order valence-corrected chi connectivity index (χ2v) is 4.05. The number of carbonyl (C=O) groups excluding carboxylic acids is 1. The molecular weight excluding hydrogens is 290 g/mol. The Bertz CT molecular complexity index is 387. The molecule has 7 heteroatoms. The molecule has 0 aliphatic rings. The minimum atomic E-state index is -0.538. The largest absolute Gasteiger partial charge is 0.464 e. The van der Waals surface area contributed by atoms with Gasteiger partial charge in [0, 0.05) is 13.2 Å². The van der Waals surface area contributed by atoms with E-state index in [2.05, 4.69) is 36.0 Å². The van der Waals surface area contributed by atoms with Crippen LogP contribution < -0.4 is 5.32 Å². The van der Waals surface area contributed by atoms with E-state index in [0.29, 0.717) is 23.4 Å². The number of hydrogen-bond donors (Lipinski definition) is 2. The Hall–Kier alpha value is -1.21. The standard InChI is InChI=1S/C10H14BrN3O3/c1-17-10(16)8-9(12-4-2-3-5-15)13-6-7(11)14-8/h6,15H,2-5H2,1H3,(H,12,13). The first-order valence-corrected chi connectivity index (χ1v) is 5.94. The van der Waals surface area contributed by atoms with Crippen molar-refractivity contribution < 1.29 is 14.6 Å². The van der Waals surface area contributed by atoms with Gasteiger partial charge in [-0.25, -0.2) is 14.8 Å². The minimum Gasteiger partial charge on any atom is -0.464 e. The van der Waals surface area contributed by atoms with E-state index < -0.39 is 5.97 Å². The predicted octanol–water partition coefficient (Wildman–Crippen LogP) is 1.21. The number of rotatable bonds is 6. The van der Waals surface area contributed by atoms with Gasteiger partial charge in [-0.05, 0) is 28.8 Å². The number of unbranched alkanes of at least 4 members (excludes halogenated alkanes) is 1. The van der Waals surface area contributed by atoms with E-state index in [-0.39, 0.29) is 12.3 Å². The van der Waals surface area contributed by atoms with Gasteiger partial charge in [-0.3, -0.25) is 0 Å². The molecular formula is C10H14BrN3O3. The maximum Gasteiger partial charge on any atom is 0.360 e. The van der Waals surface area contributed by atoms with Crippen molar-refractivity contribution >= 4 is 27.7 Å². The number of nitrogens with zero attached hydrogens (tertiary/aromatic N) is 2. The van der Waals surface area contributed by atoms with Crippen molar-refractivity contribution in [3.8, 4) is 0 Å². The summed E-state index contributed by atoms with van der Waals surface area (Å²) in [5, 5.41) is 11.6. The van der Waals surface area contributed by atoms with Crippen LogP contribution in [-0.4, -0.2) is 41.3 Å². The summed E-state index contributed by atoms with van der Waals surface area (Å²) in [5.41, 5.74) is 0.144. The van der Waals surface area contributed by atoms with Gasteiger partial charge in [-0.2, -0.15) is 0 Å². The molecule has 0 atom stereocenters. The normalized spacial score (nSPS) is 10.1. The quantitative estimate of drug-likeness (QED) is 0.607. The van der Waals surface area contributed by atoms with Gasteiger partial charge in [0.15, 0.2) is 11.5 Å². The maximum absolute atomic E-state index is 11.4. The molecule has 0 saturated carbocycles. The van der Waals surface area contributed by atoms with Crippen LogP contribution in [-0.2, 0) is 4.74 Å². The van der Waals surface area contributed by atoms with Crippen molar-refractivity contribution in [1.82, 2.24) is 9.97 Å². The lowest BCUT2D eigenvalue weighted by atomic mass is 10.3. The fraction of sp³-hybridized carbons (Fsp3) is 0.500. The van der Waals surface area contributed by atoms with E-state index in [4.69, 9.17) is 5.11 Å². The lowest BCUT2D eigenvalue weighted by molar-refractivity contribution is 0.0594. The lowest BCUT2D eigenvalue weighted by Gasteiger charge is -2.08. The highest BCUT2D eigenvalue weighted by Gasteiger charge is 2.15. The van der Waals surface area contributed by atoms with Crippen LogP contribution in [0.4, 0.5) is 5.82 Å². The molecule has 0 aliphatic heterocycles. The molecule has 1 aromatic heterocycles. The molecule has 0 fully saturated rings. The number of esters is 1. The van der Waals surface area contributed by atoms with E-state index in [0.717, 1.165) is 6.42 Å². The van der Waals surface area contributed by atoms with Crippen molar-refractivity contribution in [3.05, 3.63) is 16.5 Å². The van der Waals surface area contributed by atoms with E-state index in [9.17, 15) is 4.79 Å².